The SMILES string of the molecule is Cc1cccc(-c2nn(-c3ccccc3)cc2C(=O)O[C@H](C)C(=O)N2CCNC2=O)c1. The van der Waals surface area contributed by atoms with Gasteiger partial charge in [-0.3, -0.25) is 9.69 Å². The molecule has 2 aromatic carbocycles. The Morgan fingerprint density at radius 3 is 2.58 bits per heavy atom. The predicted octanol–water partition coefficient (Wildman–Crippen LogP) is 2.94. The highest BCUT2D eigenvalue weighted by molar-refractivity contribution is 6.01. The third kappa shape index (κ3) is 4.18. The Balaban J connectivity index is 1.65. The Labute approximate surface area is 179 Å². The van der Waals surface area contributed by atoms with Crippen LogP contribution in [0.5, 0.6) is 0 Å². The second-order valence-corrected chi connectivity index (χ2v) is 7.31. The first-order valence-electron chi connectivity index (χ1n) is 9.96. The van der Waals surface area contributed by atoms with E-state index in [2.05, 4.69) is 10.4 Å². The first kappa shape index (κ1) is 20.3. The Morgan fingerprint density at radius 1 is 1.13 bits per heavy atom. The van der Waals surface area contributed by atoms with Crippen LogP contribution in [0.2, 0.25) is 0 Å². The molecule has 0 spiro atoms. The van der Waals surface area contributed by atoms with Gasteiger partial charge in [0.25, 0.3) is 5.91 Å². The lowest BCUT2D eigenvalue weighted by molar-refractivity contribution is -0.136. The van der Waals surface area contributed by atoms with E-state index in [-0.39, 0.29) is 12.1 Å². The van der Waals surface area contributed by atoms with Gasteiger partial charge >= 0.3 is 12.0 Å². The summed E-state index contributed by atoms with van der Waals surface area (Å²) in [7, 11) is 0. The van der Waals surface area contributed by atoms with E-state index in [1.807, 2.05) is 61.5 Å². The lowest BCUT2D eigenvalue weighted by Crippen LogP contribution is -2.41. The zero-order chi connectivity index (χ0) is 22.0. The molecule has 0 bridgehead atoms. The number of imide groups is 1. The van der Waals surface area contributed by atoms with Gasteiger partial charge in [0, 0.05) is 24.8 Å². The van der Waals surface area contributed by atoms with Crippen molar-refractivity contribution >= 4 is 17.9 Å². The van der Waals surface area contributed by atoms with Crippen LogP contribution in [0.4, 0.5) is 4.79 Å². The number of esters is 1. The lowest BCUT2D eigenvalue weighted by atomic mass is 10.1. The van der Waals surface area contributed by atoms with Crippen molar-refractivity contribution in [1.29, 1.82) is 0 Å². The number of benzene rings is 2. The number of rotatable bonds is 5. The fourth-order valence-electron chi connectivity index (χ4n) is 3.42. The third-order valence-corrected chi connectivity index (χ3v) is 5.00. The summed E-state index contributed by atoms with van der Waals surface area (Å²) in [6, 6.07) is 16.6. The van der Waals surface area contributed by atoms with E-state index in [1.54, 1.807) is 10.9 Å². The Morgan fingerprint density at radius 2 is 1.90 bits per heavy atom. The van der Waals surface area contributed by atoms with E-state index >= 15 is 0 Å². The molecule has 1 atom stereocenters. The lowest BCUT2D eigenvalue weighted by Gasteiger charge is -2.18. The monoisotopic (exact) mass is 418 g/mol. The van der Waals surface area contributed by atoms with Crippen LogP contribution >= 0.6 is 0 Å². The maximum atomic E-state index is 13.0. The minimum atomic E-state index is -1.11. The Bertz CT molecular complexity index is 1140. The average Bonchev–Trinajstić information content (AvgIpc) is 3.40. The largest absolute Gasteiger partial charge is 0.449 e. The molecule has 3 aromatic rings. The van der Waals surface area contributed by atoms with Crippen molar-refractivity contribution in [1.82, 2.24) is 20.0 Å². The van der Waals surface area contributed by atoms with E-state index in [9.17, 15) is 14.4 Å². The molecular formula is C23H22N4O4. The van der Waals surface area contributed by atoms with E-state index in [4.69, 9.17) is 4.74 Å². The normalized spacial score (nSPS) is 14.3. The van der Waals surface area contributed by atoms with Gasteiger partial charge in [-0.2, -0.15) is 5.10 Å². The molecular weight excluding hydrogens is 396 g/mol. The Hall–Kier alpha value is -3.94. The first-order chi connectivity index (χ1) is 14.9. The van der Waals surface area contributed by atoms with Crippen LogP contribution in [-0.2, 0) is 9.53 Å². The third-order valence-electron chi connectivity index (χ3n) is 5.00. The van der Waals surface area contributed by atoms with Crippen molar-refractivity contribution in [3.63, 3.8) is 0 Å². The molecule has 0 saturated carbocycles. The van der Waals surface area contributed by atoms with Crippen LogP contribution < -0.4 is 5.32 Å². The van der Waals surface area contributed by atoms with Crippen molar-refractivity contribution in [2.24, 2.45) is 0 Å². The van der Waals surface area contributed by atoms with Crippen LogP contribution in [0.15, 0.2) is 60.8 Å². The zero-order valence-corrected chi connectivity index (χ0v) is 17.2. The summed E-state index contributed by atoms with van der Waals surface area (Å²) in [6.45, 7) is 4.05. The number of para-hydroxylation sites is 1. The molecule has 2 heterocycles. The van der Waals surface area contributed by atoms with Crippen molar-refractivity contribution in [3.8, 4) is 16.9 Å². The van der Waals surface area contributed by atoms with Crippen molar-refractivity contribution in [2.45, 2.75) is 20.0 Å². The molecule has 0 unspecified atom stereocenters. The van der Waals surface area contributed by atoms with Gasteiger partial charge in [-0.25, -0.2) is 14.3 Å². The fraction of sp³-hybridized carbons (Fsp3) is 0.217. The molecule has 1 aliphatic rings. The molecule has 1 N–H and O–H groups in total. The number of ether oxygens (including phenoxy) is 1. The highest BCUT2D eigenvalue weighted by Crippen LogP contribution is 2.26. The molecule has 158 valence electrons. The van der Waals surface area contributed by atoms with Gasteiger partial charge in [-0.1, -0.05) is 42.0 Å². The highest BCUT2D eigenvalue weighted by atomic mass is 16.5. The van der Waals surface area contributed by atoms with Crippen LogP contribution in [0.3, 0.4) is 0 Å². The van der Waals surface area contributed by atoms with Crippen molar-refractivity contribution in [2.75, 3.05) is 13.1 Å². The number of hydrogen-bond donors (Lipinski definition) is 1. The first-order valence-corrected chi connectivity index (χ1v) is 9.96. The summed E-state index contributed by atoms with van der Waals surface area (Å²) in [4.78, 5) is 38.3. The topological polar surface area (TPSA) is 93.5 Å². The smallest absolute Gasteiger partial charge is 0.342 e. The van der Waals surface area contributed by atoms with Crippen molar-refractivity contribution in [3.05, 3.63) is 71.9 Å². The molecule has 4 rings (SSSR count). The van der Waals surface area contributed by atoms with E-state index in [0.717, 1.165) is 21.7 Å². The van der Waals surface area contributed by atoms with Crippen LogP contribution in [0, 0.1) is 6.92 Å². The quantitative estimate of drug-likeness (QED) is 0.643. The minimum Gasteiger partial charge on any atom is -0.449 e. The molecule has 1 aromatic heterocycles. The van der Waals surface area contributed by atoms with Crippen molar-refractivity contribution < 1.29 is 19.1 Å². The average molecular weight is 418 g/mol. The van der Waals surface area contributed by atoms with Gasteiger partial charge in [0.2, 0.25) is 0 Å². The molecule has 1 aliphatic heterocycles. The van der Waals surface area contributed by atoms with Crippen LogP contribution in [-0.4, -0.2) is 51.8 Å². The summed E-state index contributed by atoms with van der Waals surface area (Å²) >= 11 is 0. The summed E-state index contributed by atoms with van der Waals surface area (Å²) in [5.41, 5.74) is 3.26. The predicted molar refractivity (Wildman–Crippen MR) is 114 cm³/mol. The number of carbonyl (C=O) groups excluding carboxylic acids is 3. The number of amides is 3. The van der Waals surface area contributed by atoms with Gasteiger partial charge in [-0.15, -0.1) is 0 Å². The maximum Gasteiger partial charge on any atom is 0.342 e. The summed E-state index contributed by atoms with van der Waals surface area (Å²) < 4.78 is 7.04. The standard InChI is InChI=1S/C23H22N4O4/c1-15-7-6-8-17(13-15)20-19(14-27(25-20)18-9-4-3-5-10-18)22(29)31-16(2)21(28)26-12-11-24-23(26)30/h3-10,13-14,16H,11-12H2,1-2H3,(H,24,30)/t16-/m1/s1. The second-order valence-electron chi connectivity index (χ2n) is 7.31. The minimum absolute atomic E-state index is 0.236. The molecule has 8 nitrogen and oxygen atoms in total. The fourth-order valence-corrected chi connectivity index (χ4v) is 3.42. The summed E-state index contributed by atoms with van der Waals surface area (Å²) in [5, 5.41) is 7.17. The van der Waals surface area contributed by atoms with Gasteiger partial charge < -0.3 is 10.1 Å². The number of urea groups is 1. The number of aromatic nitrogens is 2. The summed E-state index contributed by atoms with van der Waals surface area (Å²) in [5.74, 6) is -1.24. The molecule has 0 radical (unpaired) electrons. The molecule has 1 fully saturated rings. The van der Waals surface area contributed by atoms with Gasteiger partial charge in [0.15, 0.2) is 6.10 Å². The number of hydrogen-bond acceptors (Lipinski definition) is 5. The summed E-state index contributed by atoms with van der Waals surface area (Å²) in [6.07, 6.45) is 0.483. The van der Waals surface area contributed by atoms with Crippen LogP contribution in [0.25, 0.3) is 16.9 Å². The van der Waals surface area contributed by atoms with Gasteiger partial charge in [-0.05, 0) is 32.0 Å². The van der Waals surface area contributed by atoms with Gasteiger partial charge in [0.1, 0.15) is 11.3 Å². The molecule has 1 saturated heterocycles. The number of nitrogens with zero attached hydrogens (tertiary/aromatic N) is 3. The van der Waals surface area contributed by atoms with Gasteiger partial charge in [0.05, 0.1) is 5.69 Å². The number of carbonyl (C=O) groups is 3. The molecule has 0 aliphatic carbocycles. The maximum absolute atomic E-state index is 13.0. The van der Waals surface area contributed by atoms with Crippen LogP contribution in [0.1, 0.15) is 22.8 Å². The molecule has 8 heteroatoms. The number of aryl methyl sites for hydroxylation is 1. The zero-order valence-electron chi connectivity index (χ0n) is 17.2. The van der Waals surface area contributed by atoms with E-state index in [0.29, 0.717) is 12.2 Å². The van der Waals surface area contributed by atoms with E-state index < -0.39 is 24.0 Å². The van der Waals surface area contributed by atoms with E-state index in [1.165, 1.54) is 6.92 Å². The number of nitrogens with one attached hydrogen (secondary N) is 1. The second kappa shape index (κ2) is 8.43. The Kier molecular flexibility index (Phi) is 5.53. The molecule has 31 heavy (non-hydrogen) atoms. The molecule has 3 amide bonds. The highest BCUT2D eigenvalue weighted by Gasteiger charge is 2.32.